The summed E-state index contributed by atoms with van der Waals surface area (Å²) in [7, 11) is 2.17. The van der Waals surface area contributed by atoms with E-state index in [1.165, 1.54) is 0 Å². The zero-order valence-corrected chi connectivity index (χ0v) is 8.87. The van der Waals surface area contributed by atoms with Gasteiger partial charge >= 0.3 is 0 Å². The Hall–Kier alpha value is 1.52. The molecule has 0 amide bonds. The van der Waals surface area contributed by atoms with Gasteiger partial charge in [0.05, 0.1) is 0 Å². The maximum Gasteiger partial charge on any atom is 0 e. The molecule has 0 radical (unpaired) electrons. The van der Waals surface area contributed by atoms with Gasteiger partial charge in [0.2, 0.25) is 0 Å². The van der Waals surface area contributed by atoms with E-state index in [0.29, 0.717) is 0 Å². The van der Waals surface area contributed by atoms with Gasteiger partial charge in [0.25, 0.3) is 0 Å². The fraction of sp³-hybridized carbons (Fsp3) is 1.00. The van der Waals surface area contributed by atoms with Crippen molar-refractivity contribution in [1.29, 1.82) is 0 Å². The van der Waals surface area contributed by atoms with Crippen LogP contribution in [0.3, 0.4) is 0 Å². The summed E-state index contributed by atoms with van der Waals surface area (Å²) < 4.78 is 0. The Labute approximate surface area is 64.4 Å². The van der Waals surface area contributed by atoms with E-state index in [9.17, 15) is 0 Å². The molecule has 0 spiro atoms. The number of hydrogen-bond donors (Lipinski definition) is 0. The molecule has 0 fully saturated rings. The van der Waals surface area contributed by atoms with Gasteiger partial charge in [0.15, 0.2) is 0 Å². The van der Waals surface area contributed by atoms with Crippen molar-refractivity contribution in [2.45, 2.75) is 0 Å². The van der Waals surface area contributed by atoms with Gasteiger partial charge < -0.3 is 0 Å². The Balaban J connectivity index is -0.0000000400. The predicted octanol–water partition coefficient (Wildman–Crippen LogP) is 1.85. The first-order chi connectivity index (χ1) is 2.83. The minimum atomic E-state index is 0. The molecule has 7 heavy (non-hydrogen) atoms. The van der Waals surface area contributed by atoms with Crippen LogP contribution in [0, 0.1) is 0 Å². The van der Waals surface area contributed by atoms with Crippen LogP contribution < -0.4 is 0 Å². The summed E-state index contributed by atoms with van der Waals surface area (Å²) in [6.07, 6.45) is 0. The van der Waals surface area contributed by atoms with Crippen molar-refractivity contribution in [3.05, 3.63) is 0 Å². The summed E-state index contributed by atoms with van der Waals surface area (Å²) in [6.45, 7) is 8.61. The molecule has 0 aromatic heterocycles. The van der Waals surface area contributed by atoms with E-state index in [1.54, 1.807) is 0 Å². The summed E-state index contributed by atoms with van der Waals surface area (Å²) in [4.78, 5) is 0. The second-order valence-corrected chi connectivity index (χ2v) is 3.00. The monoisotopic (exact) mass is 230 g/mol. The molecule has 0 heterocycles. The summed E-state index contributed by atoms with van der Waals surface area (Å²) >= 11 is 0. The molecule has 0 atom stereocenters. The second-order valence-electron chi connectivity index (χ2n) is 1.00. The molecule has 0 saturated heterocycles. The van der Waals surface area contributed by atoms with Crippen LogP contribution >= 0.6 is 17.2 Å². The van der Waals surface area contributed by atoms with Crippen LogP contribution in [0.5, 0.6) is 0 Å². The summed E-state index contributed by atoms with van der Waals surface area (Å²) in [5.41, 5.74) is 0. The first-order valence-corrected chi connectivity index (χ1v) is 6.00. The van der Waals surface area contributed by atoms with E-state index in [0.717, 1.165) is 17.2 Å². The van der Waals surface area contributed by atoms with Crippen molar-refractivity contribution in [3.8, 4) is 0 Å². The summed E-state index contributed by atoms with van der Waals surface area (Å²) in [6, 6.07) is 0. The molecule has 0 aliphatic heterocycles. The van der Waals surface area contributed by atoms with E-state index in [2.05, 4.69) is 26.7 Å². The Morgan fingerprint density at radius 2 is 0.714 bits per heavy atom. The van der Waals surface area contributed by atoms with Crippen LogP contribution in [0.2, 0.25) is 0 Å². The average Bonchev–Trinajstić information content (AvgIpc) is 1.39. The third-order valence-electron chi connectivity index (χ3n) is 0. The van der Waals surface area contributed by atoms with Gasteiger partial charge in [-0.3, -0.25) is 0 Å². The number of rotatable bonds is 0. The van der Waals surface area contributed by atoms with Crippen LogP contribution in [0.1, 0.15) is 0 Å². The van der Waals surface area contributed by atoms with Crippen molar-refractivity contribution in [2.24, 2.45) is 0 Å². The van der Waals surface area contributed by atoms with Crippen molar-refractivity contribution in [1.82, 2.24) is 0 Å². The molecular formula is C4H14P2Pd. The Morgan fingerprint density at radius 1 is 0.714 bits per heavy atom. The molecule has 50 valence electrons. The van der Waals surface area contributed by atoms with E-state index in [-0.39, 0.29) is 20.4 Å². The molecule has 3 heteroatoms. The topological polar surface area (TPSA) is 0 Å². The van der Waals surface area contributed by atoms with E-state index >= 15 is 0 Å². The molecule has 0 N–H and O–H groups in total. The molecule has 0 aromatic carbocycles. The molecule has 0 saturated carbocycles. The molecule has 0 nitrogen and oxygen atoms in total. The van der Waals surface area contributed by atoms with Gasteiger partial charge in [-0.15, -0.1) is 17.2 Å². The minimum absolute atomic E-state index is 0. The first-order valence-electron chi connectivity index (χ1n) is 2.00. The van der Waals surface area contributed by atoms with Crippen molar-refractivity contribution >= 4 is 17.2 Å². The average molecular weight is 231 g/mol. The third kappa shape index (κ3) is 99.0. The second kappa shape index (κ2) is 25.8. The van der Waals surface area contributed by atoms with Gasteiger partial charge in [-0.1, -0.05) is 0 Å². The van der Waals surface area contributed by atoms with Crippen LogP contribution in [-0.2, 0) is 20.4 Å². The van der Waals surface area contributed by atoms with Gasteiger partial charge in [0, 0.05) is 20.4 Å². The summed E-state index contributed by atoms with van der Waals surface area (Å²) in [5, 5.41) is 0. The molecule has 0 unspecified atom stereocenters. The predicted molar refractivity (Wildman–Crippen MR) is 40.3 cm³/mol. The van der Waals surface area contributed by atoms with Gasteiger partial charge in [-0.05, 0) is 26.7 Å². The minimum Gasteiger partial charge on any atom is -0.129 e. The zero-order chi connectivity index (χ0) is 5.41. The number of hydrogen-bond acceptors (Lipinski definition) is 0. The SMILES string of the molecule is CPC.CPC.[Pd]. The molecule has 0 aliphatic carbocycles. The van der Waals surface area contributed by atoms with Crippen LogP contribution in [0.25, 0.3) is 0 Å². The van der Waals surface area contributed by atoms with Gasteiger partial charge in [0.1, 0.15) is 0 Å². The molecular weight excluding hydrogens is 216 g/mol. The maximum atomic E-state index is 2.15. The maximum absolute atomic E-state index is 2.15. The molecule has 0 aliphatic rings. The van der Waals surface area contributed by atoms with Crippen LogP contribution in [0.4, 0.5) is 0 Å². The Morgan fingerprint density at radius 3 is 0.714 bits per heavy atom. The Kier molecular flexibility index (Phi) is 58.3. The zero-order valence-electron chi connectivity index (χ0n) is 5.32. The molecule has 0 bridgehead atoms. The van der Waals surface area contributed by atoms with E-state index in [1.807, 2.05) is 0 Å². The standard InChI is InChI=1S/2C2H7P.Pd/c2*1-3-2;/h2*3H,1-2H3;. The van der Waals surface area contributed by atoms with Crippen LogP contribution in [0.15, 0.2) is 0 Å². The van der Waals surface area contributed by atoms with Crippen LogP contribution in [-0.4, -0.2) is 26.7 Å². The Bertz CT molecular complexity index is 11.7. The first kappa shape index (κ1) is 15.8. The van der Waals surface area contributed by atoms with Crippen molar-refractivity contribution in [3.63, 3.8) is 0 Å². The molecule has 0 rings (SSSR count). The van der Waals surface area contributed by atoms with E-state index < -0.39 is 0 Å². The quantitative estimate of drug-likeness (QED) is 0.440. The van der Waals surface area contributed by atoms with Gasteiger partial charge in [-0.2, -0.15) is 0 Å². The van der Waals surface area contributed by atoms with E-state index in [4.69, 9.17) is 0 Å². The molecule has 0 aromatic rings. The normalized spacial score (nSPS) is 5.14. The summed E-state index contributed by atoms with van der Waals surface area (Å²) in [5.74, 6) is 0. The van der Waals surface area contributed by atoms with Gasteiger partial charge in [-0.25, -0.2) is 0 Å². The largest absolute Gasteiger partial charge is 0.129 e. The third-order valence-corrected chi connectivity index (χ3v) is 0. The fourth-order valence-corrected chi connectivity index (χ4v) is 0. The van der Waals surface area contributed by atoms with Crippen molar-refractivity contribution < 1.29 is 20.4 Å². The van der Waals surface area contributed by atoms with Crippen molar-refractivity contribution in [2.75, 3.05) is 26.7 Å². The smallest absolute Gasteiger partial charge is 0 e. The fourth-order valence-electron chi connectivity index (χ4n) is 0.